The highest BCUT2D eigenvalue weighted by Crippen LogP contribution is 2.21. The van der Waals surface area contributed by atoms with Crippen molar-refractivity contribution in [1.29, 1.82) is 0 Å². The molecular weight excluding hydrogens is 234 g/mol. The van der Waals surface area contributed by atoms with Gasteiger partial charge in [-0.3, -0.25) is 0 Å². The molecule has 2 rings (SSSR count). The number of rotatable bonds is 4. The van der Waals surface area contributed by atoms with Gasteiger partial charge in [0.05, 0.1) is 11.0 Å². The first-order valence-corrected chi connectivity index (χ1v) is 6.43. The van der Waals surface area contributed by atoms with Gasteiger partial charge in [-0.05, 0) is 31.5 Å². The zero-order valence-corrected chi connectivity index (χ0v) is 11.0. The molecule has 2 N–H and O–H groups in total. The Morgan fingerprint density at radius 2 is 2.18 bits per heavy atom. The minimum Gasteiger partial charge on any atom is -0.328 e. The van der Waals surface area contributed by atoms with E-state index < -0.39 is 0 Å². The molecule has 0 aliphatic rings. The zero-order chi connectivity index (χ0) is 12.4. The molecule has 1 unspecified atom stereocenters. The van der Waals surface area contributed by atoms with Crippen LogP contribution in [0.2, 0.25) is 5.02 Å². The van der Waals surface area contributed by atoms with Gasteiger partial charge in [0.25, 0.3) is 0 Å². The Hall–Kier alpha value is -1.06. The monoisotopic (exact) mass is 251 g/mol. The van der Waals surface area contributed by atoms with Gasteiger partial charge >= 0.3 is 0 Å². The molecule has 1 atom stereocenters. The molecule has 1 heterocycles. The number of halogens is 1. The summed E-state index contributed by atoms with van der Waals surface area (Å²) >= 11 is 5.98. The second kappa shape index (κ2) is 5.07. The van der Waals surface area contributed by atoms with Crippen molar-refractivity contribution in [3.05, 3.63) is 29.0 Å². The van der Waals surface area contributed by atoms with E-state index in [-0.39, 0.29) is 6.04 Å². The Morgan fingerprint density at radius 1 is 1.41 bits per heavy atom. The van der Waals surface area contributed by atoms with E-state index in [1.165, 1.54) is 0 Å². The lowest BCUT2D eigenvalue weighted by Gasteiger charge is -2.10. The summed E-state index contributed by atoms with van der Waals surface area (Å²) in [6.45, 7) is 5.13. The molecule has 1 aromatic heterocycles. The molecule has 92 valence electrons. The Morgan fingerprint density at radius 3 is 2.82 bits per heavy atom. The predicted molar refractivity (Wildman–Crippen MR) is 72.4 cm³/mol. The van der Waals surface area contributed by atoms with Crippen LogP contribution in [0.1, 0.15) is 26.1 Å². The number of hydrogen-bond donors (Lipinski definition) is 1. The molecule has 3 nitrogen and oxygen atoms in total. The lowest BCUT2D eigenvalue weighted by atomic mass is 10.1. The van der Waals surface area contributed by atoms with Crippen LogP contribution in [0.3, 0.4) is 0 Å². The topological polar surface area (TPSA) is 43.8 Å². The summed E-state index contributed by atoms with van der Waals surface area (Å²) < 4.78 is 2.21. The van der Waals surface area contributed by atoms with Gasteiger partial charge in [-0.25, -0.2) is 4.98 Å². The lowest BCUT2D eigenvalue weighted by molar-refractivity contribution is 0.597. The Labute approximate surface area is 107 Å². The second-order valence-electron chi connectivity index (χ2n) is 4.28. The second-order valence-corrected chi connectivity index (χ2v) is 4.71. The molecule has 2 aromatic rings. The summed E-state index contributed by atoms with van der Waals surface area (Å²) in [4.78, 5) is 4.63. The van der Waals surface area contributed by atoms with Gasteiger partial charge in [0, 0.05) is 24.0 Å². The van der Waals surface area contributed by atoms with Crippen LogP contribution in [-0.4, -0.2) is 15.6 Å². The fraction of sp³-hybridized carbons (Fsp3) is 0.462. The minimum atomic E-state index is 0.174. The first kappa shape index (κ1) is 12.4. The minimum absolute atomic E-state index is 0.174. The molecule has 1 aromatic carbocycles. The molecular formula is C13H18ClN3. The van der Waals surface area contributed by atoms with E-state index in [0.717, 1.165) is 41.3 Å². The largest absolute Gasteiger partial charge is 0.328 e. The van der Waals surface area contributed by atoms with Gasteiger partial charge in [0.15, 0.2) is 0 Å². The Bertz CT molecular complexity index is 519. The van der Waals surface area contributed by atoms with Crippen LogP contribution in [-0.2, 0) is 13.0 Å². The van der Waals surface area contributed by atoms with Gasteiger partial charge in [0.1, 0.15) is 5.82 Å². The molecule has 0 fully saturated rings. The van der Waals surface area contributed by atoms with E-state index in [1.807, 2.05) is 18.2 Å². The third kappa shape index (κ3) is 2.45. The summed E-state index contributed by atoms with van der Waals surface area (Å²) in [6.07, 6.45) is 1.78. The number of hydrogen-bond acceptors (Lipinski definition) is 2. The van der Waals surface area contributed by atoms with Crippen LogP contribution in [0, 0.1) is 0 Å². The molecule has 0 spiro atoms. The van der Waals surface area contributed by atoms with Crippen LogP contribution >= 0.6 is 11.6 Å². The fourth-order valence-corrected chi connectivity index (χ4v) is 2.21. The zero-order valence-electron chi connectivity index (χ0n) is 10.3. The first-order valence-electron chi connectivity index (χ1n) is 6.06. The molecule has 0 amide bonds. The quantitative estimate of drug-likeness (QED) is 0.908. The first-order chi connectivity index (χ1) is 8.15. The summed E-state index contributed by atoms with van der Waals surface area (Å²) in [5.74, 6) is 1.05. The standard InChI is InChI=1S/C13H18ClN3/c1-3-10(15)8-13-16-11-7-9(14)5-6-12(11)17(13)4-2/h5-7,10H,3-4,8,15H2,1-2H3. The van der Waals surface area contributed by atoms with E-state index in [0.29, 0.717) is 0 Å². The summed E-state index contributed by atoms with van der Waals surface area (Å²) in [6, 6.07) is 6.01. The highest BCUT2D eigenvalue weighted by molar-refractivity contribution is 6.31. The number of nitrogens with zero attached hydrogens (tertiary/aromatic N) is 2. The fourth-order valence-electron chi connectivity index (χ4n) is 2.04. The molecule has 0 aliphatic heterocycles. The molecule has 17 heavy (non-hydrogen) atoms. The Kier molecular flexibility index (Phi) is 3.69. The highest BCUT2D eigenvalue weighted by Gasteiger charge is 2.12. The highest BCUT2D eigenvalue weighted by atomic mass is 35.5. The van der Waals surface area contributed by atoms with Crippen molar-refractivity contribution in [3.8, 4) is 0 Å². The smallest absolute Gasteiger partial charge is 0.111 e. The van der Waals surface area contributed by atoms with E-state index in [4.69, 9.17) is 17.3 Å². The lowest BCUT2D eigenvalue weighted by Crippen LogP contribution is -2.23. The maximum atomic E-state index is 6.00. The van der Waals surface area contributed by atoms with Crippen LogP contribution in [0.15, 0.2) is 18.2 Å². The molecule has 0 bridgehead atoms. The average Bonchev–Trinajstić information content (AvgIpc) is 2.64. The maximum absolute atomic E-state index is 6.00. The van der Waals surface area contributed by atoms with E-state index in [1.54, 1.807) is 0 Å². The summed E-state index contributed by atoms with van der Waals surface area (Å²) in [5.41, 5.74) is 8.09. The number of aryl methyl sites for hydroxylation is 1. The van der Waals surface area contributed by atoms with Crippen LogP contribution in [0.4, 0.5) is 0 Å². The summed E-state index contributed by atoms with van der Waals surface area (Å²) in [5, 5.41) is 0.726. The maximum Gasteiger partial charge on any atom is 0.111 e. The molecule has 0 aliphatic carbocycles. The van der Waals surface area contributed by atoms with Gasteiger partial charge < -0.3 is 10.3 Å². The third-order valence-electron chi connectivity index (χ3n) is 3.07. The molecule has 4 heteroatoms. The summed E-state index contributed by atoms with van der Waals surface area (Å²) in [7, 11) is 0. The van der Waals surface area contributed by atoms with Crippen molar-refractivity contribution < 1.29 is 0 Å². The van der Waals surface area contributed by atoms with Crippen molar-refractivity contribution in [2.45, 2.75) is 39.3 Å². The Balaban J connectivity index is 2.48. The molecule has 0 saturated carbocycles. The average molecular weight is 252 g/mol. The number of imidazole rings is 1. The van der Waals surface area contributed by atoms with Crippen LogP contribution in [0.25, 0.3) is 11.0 Å². The van der Waals surface area contributed by atoms with Crippen LogP contribution in [0.5, 0.6) is 0 Å². The molecule has 0 radical (unpaired) electrons. The van der Waals surface area contributed by atoms with E-state index >= 15 is 0 Å². The predicted octanol–water partition coefficient (Wildman–Crippen LogP) is 2.99. The van der Waals surface area contributed by atoms with Gasteiger partial charge in [-0.15, -0.1) is 0 Å². The van der Waals surface area contributed by atoms with Crippen molar-refractivity contribution >= 4 is 22.6 Å². The van der Waals surface area contributed by atoms with Gasteiger partial charge in [0.2, 0.25) is 0 Å². The van der Waals surface area contributed by atoms with Crippen molar-refractivity contribution in [2.24, 2.45) is 5.73 Å². The SMILES string of the molecule is CCC(N)Cc1nc2cc(Cl)ccc2n1CC. The van der Waals surface area contributed by atoms with Crippen LogP contribution < -0.4 is 5.73 Å². The van der Waals surface area contributed by atoms with Crippen molar-refractivity contribution in [3.63, 3.8) is 0 Å². The normalized spacial score (nSPS) is 13.2. The third-order valence-corrected chi connectivity index (χ3v) is 3.31. The van der Waals surface area contributed by atoms with Gasteiger partial charge in [-0.1, -0.05) is 18.5 Å². The number of aromatic nitrogens is 2. The van der Waals surface area contributed by atoms with E-state index in [2.05, 4.69) is 23.4 Å². The van der Waals surface area contributed by atoms with Crippen molar-refractivity contribution in [1.82, 2.24) is 9.55 Å². The number of nitrogens with two attached hydrogens (primary N) is 1. The van der Waals surface area contributed by atoms with Crippen molar-refractivity contribution in [2.75, 3.05) is 0 Å². The van der Waals surface area contributed by atoms with E-state index in [9.17, 15) is 0 Å². The van der Waals surface area contributed by atoms with Gasteiger partial charge in [-0.2, -0.15) is 0 Å². The molecule has 0 saturated heterocycles. The number of fused-ring (bicyclic) bond motifs is 1. The number of benzene rings is 1.